The van der Waals surface area contributed by atoms with E-state index in [2.05, 4.69) is 40.0 Å². The molecule has 0 spiro atoms. The van der Waals surface area contributed by atoms with E-state index in [1.165, 1.54) is 6.20 Å². The van der Waals surface area contributed by atoms with Gasteiger partial charge in [0.15, 0.2) is 5.82 Å². The van der Waals surface area contributed by atoms with E-state index >= 15 is 0 Å². The van der Waals surface area contributed by atoms with Gasteiger partial charge in [-0.1, -0.05) is 0 Å². The molecule has 38 heavy (non-hydrogen) atoms. The molecule has 14 heteroatoms. The normalized spacial score (nSPS) is 21.4. The lowest BCUT2D eigenvalue weighted by atomic mass is 9.88. The average Bonchev–Trinajstić information content (AvgIpc) is 2.89. The van der Waals surface area contributed by atoms with Crippen molar-refractivity contribution in [3.8, 4) is 0 Å². The Hall–Kier alpha value is -2.42. The van der Waals surface area contributed by atoms with Crippen molar-refractivity contribution in [2.24, 2.45) is 10.9 Å². The van der Waals surface area contributed by atoms with Gasteiger partial charge in [0.25, 0.3) is 5.91 Å². The molecule has 0 radical (unpaired) electrons. The summed E-state index contributed by atoms with van der Waals surface area (Å²) >= 11 is 0. The first-order valence-corrected chi connectivity index (χ1v) is 13.0. The fourth-order valence-electron chi connectivity index (χ4n) is 4.48. The van der Waals surface area contributed by atoms with Crippen molar-refractivity contribution in [2.75, 3.05) is 44.7 Å². The first kappa shape index (κ1) is 30.1. The summed E-state index contributed by atoms with van der Waals surface area (Å²) in [7, 11) is 0. The largest absolute Gasteiger partial charge is 0.393 e. The van der Waals surface area contributed by atoms with Crippen molar-refractivity contribution in [1.82, 2.24) is 20.2 Å². The highest BCUT2D eigenvalue weighted by atomic mass is 19.3. The van der Waals surface area contributed by atoms with Crippen LogP contribution in [0.15, 0.2) is 11.2 Å². The van der Waals surface area contributed by atoms with E-state index in [-0.39, 0.29) is 61.1 Å². The number of aliphatic hydroxyl groups excluding tert-OH is 1. The molecule has 1 saturated carbocycles. The Morgan fingerprint density at radius 3 is 2.47 bits per heavy atom. The van der Waals surface area contributed by atoms with E-state index in [9.17, 15) is 27.5 Å². The molecule has 1 aliphatic heterocycles. The summed E-state index contributed by atoms with van der Waals surface area (Å²) in [5, 5.41) is 15.5. The number of hydrogen-bond acceptors (Lipinski definition) is 9. The summed E-state index contributed by atoms with van der Waals surface area (Å²) < 4.78 is 57.0. The van der Waals surface area contributed by atoms with Crippen LogP contribution in [0.5, 0.6) is 0 Å². The molecule has 1 amide bonds. The molecule has 2 fully saturated rings. The SMILES string of the molecule is O=C(NC1CCN(CCCOC(F)F)CC1)c1cnc(NCCOC(F)F)nc1N=CC1CCC(O)CC1. The quantitative estimate of drug-likeness (QED) is 0.184. The fraction of sp³-hybridized carbons (Fsp3) is 0.750. The maximum absolute atomic E-state index is 13.1. The predicted molar refractivity (Wildman–Crippen MR) is 132 cm³/mol. The number of aliphatic hydroxyl groups is 1. The number of aromatic nitrogens is 2. The maximum atomic E-state index is 13.1. The molecule has 0 atom stereocenters. The Morgan fingerprint density at radius 1 is 1.11 bits per heavy atom. The van der Waals surface area contributed by atoms with Crippen LogP contribution in [0.1, 0.15) is 55.3 Å². The molecule has 10 nitrogen and oxygen atoms in total. The molecule has 1 saturated heterocycles. The third-order valence-corrected chi connectivity index (χ3v) is 6.58. The Kier molecular flexibility index (Phi) is 12.6. The minimum Gasteiger partial charge on any atom is -0.393 e. The number of piperidine rings is 1. The lowest BCUT2D eigenvalue weighted by molar-refractivity contribution is -0.130. The number of halogens is 4. The van der Waals surface area contributed by atoms with Gasteiger partial charge in [-0.3, -0.25) is 4.79 Å². The molecule has 3 rings (SSSR count). The number of nitrogens with zero attached hydrogens (tertiary/aromatic N) is 4. The van der Waals surface area contributed by atoms with Crippen LogP contribution in [0.3, 0.4) is 0 Å². The van der Waals surface area contributed by atoms with Crippen LogP contribution in [0.25, 0.3) is 0 Å². The fourth-order valence-corrected chi connectivity index (χ4v) is 4.48. The van der Waals surface area contributed by atoms with E-state index in [0.29, 0.717) is 38.6 Å². The first-order chi connectivity index (χ1) is 18.3. The number of rotatable bonds is 14. The van der Waals surface area contributed by atoms with Crippen LogP contribution in [-0.4, -0.2) is 96.9 Å². The molecule has 214 valence electrons. The number of alkyl halides is 4. The molecule has 0 unspecified atom stereocenters. The highest BCUT2D eigenvalue weighted by molar-refractivity contribution is 5.98. The Balaban J connectivity index is 1.57. The third kappa shape index (κ3) is 10.8. The van der Waals surface area contributed by atoms with Gasteiger partial charge in [0.1, 0.15) is 5.56 Å². The number of nitrogens with one attached hydrogen (secondary N) is 2. The summed E-state index contributed by atoms with van der Waals surface area (Å²) in [6.45, 7) is -3.73. The number of aliphatic imine (C=N–C) groups is 1. The smallest absolute Gasteiger partial charge is 0.345 e. The van der Waals surface area contributed by atoms with E-state index < -0.39 is 13.2 Å². The lowest BCUT2D eigenvalue weighted by Gasteiger charge is -2.32. The Labute approximate surface area is 219 Å². The monoisotopic (exact) mass is 548 g/mol. The van der Waals surface area contributed by atoms with Crippen molar-refractivity contribution in [3.05, 3.63) is 11.8 Å². The van der Waals surface area contributed by atoms with E-state index in [0.717, 1.165) is 25.9 Å². The standard InChI is InChI=1S/C24H36F4N6O4/c25-22(26)37-12-1-9-34-10-6-17(7-11-34)32-21(36)19-15-31-24(29-8-13-38-23(27)28)33-20(19)30-14-16-2-4-18(35)5-3-16/h14-18,22-23,35H,1-13H2,(H,32,36)(H,29,31,33). The summed E-state index contributed by atoms with van der Waals surface area (Å²) in [6, 6.07) is -0.0722. The molecule has 1 aromatic rings. The third-order valence-electron chi connectivity index (χ3n) is 6.58. The Morgan fingerprint density at radius 2 is 1.79 bits per heavy atom. The van der Waals surface area contributed by atoms with Gasteiger partial charge >= 0.3 is 13.2 Å². The van der Waals surface area contributed by atoms with Gasteiger partial charge in [0.2, 0.25) is 5.95 Å². The molecule has 1 aromatic heterocycles. The minimum absolute atomic E-state index is 0.00314. The van der Waals surface area contributed by atoms with E-state index in [1.54, 1.807) is 6.21 Å². The summed E-state index contributed by atoms with van der Waals surface area (Å²) in [6.07, 6.45) is 7.63. The van der Waals surface area contributed by atoms with Gasteiger partial charge in [-0.2, -0.15) is 22.5 Å². The minimum atomic E-state index is -2.87. The number of likely N-dealkylation sites (tertiary alicyclic amines) is 1. The predicted octanol–water partition coefficient (Wildman–Crippen LogP) is 3.20. The van der Waals surface area contributed by atoms with Crippen LogP contribution in [0, 0.1) is 5.92 Å². The van der Waals surface area contributed by atoms with Crippen LogP contribution >= 0.6 is 0 Å². The summed E-state index contributed by atoms with van der Waals surface area (Å²) in [5.74, 6) is 0.0789. The Bertz CT molecular complexity index is 881. The van der Waals surface area contributed by atoms with Gasteiger partial charge in [-0.15, -0.1) is 0 Å². The molecule has 0 aromatic carbocycles. The zero-order valence-electron chi connectivity index (χ0n) is 21.2. The molecule has 2 heterocycles. The van der Waals surface area contributed by atoms with Gasteiger partial charge < -0.3 is 30.1 Å². The number of hydrogen-bond donors (Lipinski definition) is 3. The van der Waals surface area contributed by atoms with Crippen molar-refractivity contribution in [2.45, 2.75) is 70.3 Å². The van der Waals surface area contributed by atoms with Crippen molar-refractivity contribution in [3.63, 3.8) is 0 Å². The number of ether oxygens (including phenoxy) is 2. The molecular formula is C24H36F4N6O4. The number of carbonyl (C=O) groups excluding carboxylic acids is 1. The molecule has 2 aliphatic rings. The molecule has 3 N–H and O–H groups in total. The molecular weight excluding hydrogens is 512 g/mol. The number of amides is 1. The van der Waals surface area contributed by atoms with Crippen molar-refractivity contribution in [1.29, 1.82) is 0 Å². The highest BCUT2D eigenvalue weighted by Gasteiger charge is 2.24. The number of anilines is 1. The van der Waals surface area contributed by atoms with Gasteiger partial charge in [-0.25, -0.2) is 9.98 Å². The second-order valence-corrected chi connectivity index (χ2v) is 9.41. The summed E-state index contributed by atoms with van der Waals surface area (Å²) in [4.78, 5) is 28.2. The lowest BCUT2D eigenvalue weighted by Crippen LogP contribution is -2.45. The number of carbonyl (C=O) groups is 1. The second kappa shape index (κ2) is 15.9. The topological polar surface area (TPSA) is 121 Å². The van der Waals surface area contributed by atoms with Crippen LogP contribution < -0.4 is 10.6 Å². The summed E-state index contributed by atoms with van der Waals surface area (Å²) in [5.41, 5.74) is 0.193. The zero-order valence-corrected chi connectivity index (χ0v) is 21.2. The van der Waals surface area contributed by atoms with Gasteiger partial charge in [0, 0.05) is 44.6 Å². The second-order valence-electron chi connectivity index (χ2n) is 9.41. The van der Waals surface area contributed by atoms with E-state index in [1.807, 2.05) is 0 Å². The van der Waals surface area contributed by atoms with Crippen molar-refractivity contribution < 1.29 is 36.9 Å². The molecule has 1 aliphatic carbocycles. The zero-order chi connectivity index (χ0) is 27.3. The van der Waals surface area contributed by atoms with Crippen molar-refractivity contribution >= 4 is 23.9 Å². The van der Waals surface area contributed by atoms with Crippen LogP contribution in [-0.2, 0) is 9.47 Å². The highest BCUT2D eigenvalue weighted by Crippen LogP contribution is 2.25. The van der Waals surface area contributed by atoms with E-state index in [4.69, 9.17) is 0 Å². The van der Waals surface area contributed by atoms with Crippen LogP contribution in [0.4, 0.5) is 29.3 Å². The van der Waals surface area contributed by atoms with Gasteiger partial charge in [0.05, 0.1) is 19.3 Å². The van der Waals surface area contributed by atoms with Gasteiger partial charge in [-0.05, 0) is 50.9 Å². The van der Waals surface area contributed by atoms with Crippen LogP contribution in [0.2, 0.25) is 0 Å². The first-order valence-electron chi connectivity index (χ1n) is 13.0. The average molecular weight is 549 g/mol. The maximum Gasteiger partial charge on any atom is 0.345 e. The molecule has 0 bridgehead atoms.